The molecule has 0 bridgehead atoms. The summed E-state index contributed by atoms with van der Waals surface area (Å²) in [6, 6.07) is 4.58. The Balaban J connectivity index is 1.78. The molecule has 1 aliphatic heterocycles. The predicted octanol–water partition coefficient (Wildman–Crippen LogP) is 4.78. The van der Waals surface area contributed by atoms with Gasteiger partial charge in [-0.3, -0.25) is 4.79 Å². The van der Waals surface area contributed by atoms with Gasteiger partial charge in [-0.25, -0.2) is 0 Å². The summed E-state index contributed by atoms with van der Waals surface area (Å²) in [5.41, 5.74) is 0. The fraction of sp³-hybridized carbons (Fsp3) is 0.938. The van der Waals surface area contributed by atoms with Crippen LogP contribution in [0.15, 0.2) is 0 Å². The lowest BCUT2D eigenvalue weighted by Gasteiger charge is -2.40. The molecule has 2 rings (SSSR count). The van der Waals surface area contributed by atoms with Crippen LogP contribution in [0.1, 0.15) is 51.9 Å². The van der Waals surface area contributed by atoms with Gasteiger partial charge in [0.05, 0.1) is 14.0 Å². The molecular weight excluding hydrogens is 252 g/mol. The molecule has 0 unspecified atom stereocenters. The molecule has 0 radical (unpaired) electrons. The second kappa shape index (κ2) is 6.42. The summed E-state index contributed by atoms with van der Waals surface area (Å²) in [5.74, 6) is 1.16. The van der Waals surface area contributed by atoms with Crippen LogP contribution in [0.4, 0.5) is 0 Å². The van der Waals surface area contributed by atoms with Gasteiger partial charge in [0.1, 0.15) is 0 Å². The molecule has 0 aromatic carbocycles. The predicted molar refractivity (Wildman–Crippen MR) is 82.1 cm³/mol. The normalized spacial score (nSPS) is 40.0. The van der Waals surface area contributed by atoms with Crippen LogP contribution in [-0.4, -0.2) is 19.1 Å². The Morgan fingerprint density at radius 3 is 2.05 bits per heavy atom. The third-order valence-corrected chi connectivity index (χ3v) is 10.6. The lowest BCUT2D eigenvalue weighted by molar-refractivity contribution is -0.143. The minimum absolute atomic E-state index is 0.0421. The van der Waals surface area contributed by atoms with Gasteiger partial charge in [0.2, 0.25) is 0 Å². The summed E-state index contributed by atoms with van der Waals surface area (Å²) in [5, 5.41) is 9.07. The summed E-state index contributed by atoms with van der Waals surface area (Å²) >= 11 is 0. The monoisotopic (exact) mass is 282 g/mol. The van der Waals surface area contributed by atoms with Crippen molar-refractivity contribution in [3.63, 3.8) is 0 Å². The van der Waals surface area contributed by atoms with Gasteiger partial charge in [0.15, 0.2) is 0 Å². The maximum atomic E-state index is 11.0. The smallest absolute Gasteiger partial charge is 0.306 e. The van der Waals surface area contributed by atoms with Gasteiger partial charge in [-0.2, -0.15) is 0 Å². The third kappa shape index (κ3) is 3.84. The molecule has 1 N–H and O–H groups in total. The quantitative estimate of drug-likeness (QED) is 0.754. The topological polar surface area (TPSA) is 37.3 Å². The fourth-order valence-corrected chi connectivity index (χ4v) is 8.59. The molecule has 0 aromatic rings. The number of hydrogen-bond donors (Lipinski definition) is 1. The van der Waals surface area contributed by atoms with E-state index in [-0.39, 0.29) is 5.92 Å². The summed E-state index contributed by atoms with van der Waals surface area (Å²) in [6.45, 7) is 4.94. The Bertz CT molecular complexity index is 300. The van der Waals surface area contributed by atoms with Crippen LogP contribution in [-0.2, 0) is 4.79 Å². The van der Waals surface area contributed by atoms with Crippen LogP contribution >= 0.6 is 0 Å². The average molecular weight is 282 g/mol. The van der Waals surface area contributed by atoms with Crippen LogP contribution in [0.2, 0.25) is 24.7 Å². The molecule has 1 saturated carbocycles. The van der Waals surface area contributed by atoms with Crippen LogP contribution in [0.5, 0.6) is 0 Å². The van der Waals surface area contributed by atoms with E-state index in [4.69, 9.17) is 5.11 Å². The zero-order valence-electron chi connectivity index (χ0n) is 12.7. The number of carboxylic acids is 1. The van der Waals surface area contributed by atoms with Gasteiger partial charge in [-0.15, -0.1) is 0 Å². The second-order valence-corrected chi connectivity index (χ2v) is 12.5. The molecule has 0 aromatic heterocycles. The van der Waals surface area contributed by atoms with Gasteiger partial charge in [0.25, 0.3) is 0 Å². The lowest BCUT2D eigenvalue weighted by atomic mass is 9.74. The van der Waals surface area contributed by atoms with E-state index in [9.17, 15) is 4.79 Å². The van der Waals surface area contributed by atoms with Gasteiger partial charge in [0, 0.05) is 0 Å². The van der Waals surface area contributed by atoms with Gasteiger partial charge in [-0.1, -0.05) is 50.9 Å². The first kappa shape index (κ1) is 15.1. The van der Waals surface area contributed by atoms with Crippen LogP contribution in [0, 0.1) is 17.8 Å². The number of carboxylic acid groups (broad SMARTS) is 1. The molecular formula is C16H30O2Si. The van der Waals surface area contributed by atoms with Crippen molar-refractivity contribution in [1.29, 1.82) is 0 Å². The molecule has 110 valence electrons. The summed E-state index contributed by atoms with van der Waals surface area (Å²) in [7, 11) is -0.867. The maximum absolute atomic E-state index is 11.0. The van der Waals surface area contributed by atoms with Crippen molar-refractivity contribution >= 4 is 14.0 Å². The molecule has 1 heterocycles. The summed E-state index contributed by atoms with van der Waals surface area (Å²) in [6.07, 6.45) is 8.48. The molecule has 1 saturated heterocycles. The van der Waals surface area contributed by atoms with Crippen molar-refractivity contribution in [2.24, 2.45) is 17.8 Å². The molecule has 0 spiro atoms. The van der Waals surface area contributed by atoms with Crippen molar-refractivity contribution in [3.05, 3.63) is 0 Å². The maximum Gasteiger partial charge on any atom is 0.306 e. The number of carbonyl (C=O) groups is 1. The van der Waals surface area contributed by atoms with Crippen molar-refractivity contribution < 1.29 is 9.90 Å². The van der Waals surface area contributed by atoms with E-state index in [2.05, 4.69) is 13.5 Å². The first-order valence-corrected chi connectivity index (χ1v) is 11.4. The number of hydrogen-bond acceptors (Lipinski definition) is 1. The Morgan fingerprint density at radius 1 is 1.05 bits per heavy atom. The van der Waals surface area contributed by atoms with Gasteiger partial charge in [-0.05, 0) is 37.5 Å². The zero-order valence-corrected chi connectivity index (χ0v) is 13.7. The molecule has 3 heteroatoms. The highest BCUT2D eigenvalue weighted by atomic mass is 28.3. The third-order valence-electron chi connectivity index (χ3n) is 5.88. The standard InChI is InChI=1S/C16H30O2Si/c1-3-10-19(2)11-8-14(9-12-19)13-4-6-15(7-5-13)16(17)18/h13-15H,3-12H2,1-2H3,(H,17,18). The SMILES string of the molecule is CCC[Si]1(C)CCC(C2CCC(C(=O)O)CC2)CC1. The Hall–Kier alpha value is -0.313. The summed E-state index contributed by atoms with van der Waals surface area (Å²) < 4.78 is 0. The first-order chi connectivity index (χ1) is 9.04. The Labute approximate surface area is 119 Å². The van der Waals surface area contributed by atoms with Crippen LogP contribution in [0.25, 0.3) is 0 Å². The molecule has 2 nitrogen and oxygen atoms in total. The largest absolute Gasteiger partial charge is 0.481 e. The average Bonchev–Trinajstić information content (AvgIpc) is 2.40. The van der Waals surface area contributed by atoms with Crippen molar-refractivity contribution in [2.75, 3.05) is 0 Å². The minimum Gasteiger partial charge on any atom is -0.481 e. The number of aliphatic carboxylic acids is 1. The second-order valence-electron chi connectivity index (χ2n) is 7.35. The van der Waals surface area contributed by atoms with E-state index >= 15 is 0 Å². The van der Waals surface area contributed by atoms with E-state index in [0.29, 0.717) is 0 Å². The Morgan fingerprint density at radius 2 is 1.58 bits per heavy atom. The highest BCUT2D eigenvalue weighted by Gasteiger charge is 2.37. The summed E-state index contributed by atoms with van der Waals surface area (Å²) in [4.78, 5) is 11.0. The van der Waals surface area contributed by atoms with E-state index in [1.807, 2.05) is 0 Å². The van der Waals surface area contributed by atoms with Crippen molar-refractivity contribution in [1.82, 2.24) is 0 Å². The van der Waals surface area contributed by atoms with E-state index in [1.54, 1.807) is 0 Å². The van der Waals surface area contributed by atoms with Crippen LogP contribution in [0.3, 0.4) is 0 Å². The van der Waals surface area contributed by atoms with Crippen molar-refractivity contribution in [2.45, 2.75) is 76.5 Å². The minimum atomic E-state index is -0.867. The van der Waals surface area contributed by atoms with Crippen LogP contribution < -0.4 is 0 Å². The number of rotatable bonds is 4. The van der Waals surface area contributed by atoms with E-state index < -0.39 is 14.0 Å². The lowest BCUT2D eigenvalue weighted by Crippen LogP contribution is -2.37. The van der Waals surface area contributed by atoms with Gasteiger partial charge >= 0.3 is 5.97 Å². The molecule has 0 amide bonds. The molecule has 2 fully saturated rings. The molecule has 19 heavy (non-hydrogen) atoms. The fourth-order valence-electron chi connectivity index (χ4n) is 4.50. The van der Waals surface area contributed by atoms with Gasteiger partial charge < -0.3 is 5.11 Å². The molecule has 1 aliphatic carbocycles. The molecule has 0 atom stereocenters. The molecule has 2 aliphatic rings. The first-order valence-electron chi connectivity index (χ1n) is 8.27. The zero-order chi connectivity index (χ0) is 13.9. The highest BCUT2D eigenvalue weighted by Crippen LogP contribution is 2.43. The van der Waals surface area contributed by atoms with Crippen molar-refractivity contribution in [3.8, 4) is 0 Å². The van der Waals surface area contributed by atoms with E-state index in [1.165, 1.54) is 50.2 Å². The highest BCUT2D eigenvalue weighted by molar-refractivity contribution is 6.78. The Kier molecular flexibility index (Phi) is 5.10. The van der Waals surface area contributed by atoms with E-state index in [0.717, 1.165) is 24.7 Å².